The minimum atomic E-state index is -0.489. The Hall–Kier alpha value is -3.09. The average Bonchev–Trinajstić information content (AvgIpc) is 2.51. The van der Waals surface area contributed by atoms with Gasteiger partial charge in [-0.15, -0.1) is 0 Å². The Balaban J connectivity index is 2.08. The van der Waals surface area contributed by atoms with E-state index in [0.717, 1.165) is 0 Å². The van der Waals surface area contributed by atoms with E-state index in [1.165, 1.54) is 11.0 Å². The zero-order valence-electron chi connectivity index (χ0n) is 12.8. The van der Waals surface area contributed by atoms with Crippen LogP contribution in [0.25, 0.3) is 0 Å². The number of nitro benzene ring substituents is 1. The van der Waals surface area contributed by atoms with E-state index in [9.17, 15) is 20.0 Å². The molecule has 0 saturated carbocycles. The predicted octanol–water partition coefficient (Wildman–Crippen LogP) is 3.27. The highest BCUT2D eigenvalue weighted by Crippen LogP contribution is 2.23. The van der Waals surface area contributed by atoms with Crippen LogP contribution in [0.4, 0.5) is 16.2 Å². The fourth-order valence-electron chi connectivity index (χ4n) is 2.07. The quantitative estimate of drug-likeness (QED) is 0.668. The molecule has 0 aliphatic rings. The maximum atomic E-state index is 12.2. The van der Waals surface area contributed by atoms with Crippen molar-refractivity contribution in [1.82, 2.24) is 4.90 Å². The van der Waals surface area contributed by atoms with Crippen LogP contribution >= 0.6 is 0 Å². The number of carbonyl (C=O) groups is 1. The molecule has 7 heteroatoms. The first-order chi connectivity index (χ1) is 10.9. The number of amides is 2. The fourth-order valence-corrected chi connectivity index (χ4v) is 2.07. The van der Waals surface area contributed by atoms with E-state index < -0.39 is 11.0 Å². The minimum Gasteiger partial charge on any atom is -0.508 e. The summed E-state index contributed by atoms with van der Waals surface area (Å²) in [5, 5.41) is 23.3. The highest BCUT2D eigenvalue weighted by Gasteiger charge is 2.15. The summed E-state index contributed by atoms with van der Waals surface area (Å²) in [5.41, 5.74) is 1.43. The number of aromatic hydroxyl groups is 1. The Morgan fingerprint density at radius 3 is 2.65 bits per heavy atom. The van der Waals surface area contributed by atoms with Gasteiger partial charge in [-0.3, -0.25) is 10.1 Å². The van der Waals surface area contributed by atoms with E-state index in [4.69, 9.17) is 0 Å². The first-order valence-electron chi connectivity index (χ1n) is 6.92. The minimum absolute atomic E-state index is 0.0499. The molecule has 0 atom stereocenters. The molecule has 23 heavy (non-hydrogen) atoms. The van der Waals surface area contributed by atoms with Crippen LogP contribution in [-0.4, -0.2) is 28.0 Å². The number of nitro groups is 1. The molecule has 0 fully saturated rings. The molecule has 0 aliphatic heterocycles. The van der Waals surface area contributed by atoms with Gasteiger partial charge in [0.25, 0.3) is 5.69 Å². The third-order valence-electron chi connectivity index (χ3n) is 3.40. The molecule has 0 aromatic heterocycles. The van der Waals surface area contributed by atoms with Crippen molar-refractivity contribution >= 4 is 17.4 Å². The number of nitrogens with one attached hydrogen (secondary N) is 1. The van der Waals surface area contributed by atoms with Crippen molar-refractivity contribution < 1.29 is 14.8 Å². The Morgan fingerprint density at radius 1 is 1.30 bits per heavy atom. The molecule has 0 saturated heterocycles. The number of para-hydroxylation sites is 1. The lowest BCUT2D eigenvalue weighted by atomic mass is 10.2. The van der Waals surface area contributed by atoms with Gasteiger partial charge in [-0.25, -0.2) is 4.79 Å². The van der Waals surface area contributed by atoms with Gasteiger partial charge >= 0.3 is 6.03 Å². The molecule has 0 radical (unpaired) electrons. The molecule has 120 valence electrons. The van der Waals surface area contributed by atoms with Crippen LogP contribution in [-0.2, 0) is 6.54 Å². The third-order valence-corrected chi connectivity index (χ3v) is 3.40. The Kier molecular flexibility index (Phi) is 4.80. The lowest BCUT2D eigenvalue weighted by Gasteiger charge is -2.18. The molecule has 0 bridgehead atoms. The van der Waals surface area contributed by atoms with Gasteiger partial charge in [0.1, 0.15) is 5.75 Å². The van der Waals surface area contributed by atoms with E-state index >= 15 is 0 Å². The predicted molar refractivity (Wildman–Crippen MR) is 86.4 cm³/mol. The molecule has 0 heterocycles. The monoisotopic (exact) mass is 315 g/mol. The van der Waals surface area contributed by atoms with Gasteiger partial charge in [0.15, 0.2) is 0 Å². The number of urea groups is 1. The summed E-state index contributed by atoms with van der Waals surface area (Å²) in [4.78, 5) is 24.0. The number of carbonyl (C=O) groups excluding carboxylic acids is 1. The largest absolute Gasteiger partial charge is 0.508 e. The first-order valence-corrected chi connectivity index (χ1v) is 6.92. The molecule has 2 amide bonds. The van der Waals surface area contributed by atoms with Crippen molar-refractivity contribution in [2.45, 2.75) is 13.5 Å². The zero-order valence-corrected chi connectivity index (χ0v) is 12.8. The molecule has 2 aromatic carbocycles. The van der Waals surface area contributed by atoms with Gasteiger partial charge in [-0.1, -0.05) is 24.3 Å². The molecule has 2 aromatic rings. The number of hydrogen-bond acceptors (Lipinski definition) is 4. The average molecular weight is 315 g/mol. The first kappa shape index (κ1) is 16.3. The normalized spacial score (nSPS) is 10.2. The number of rotatable bonds is 4. The van der Waals surface area contributed by atoms with Gasteiger partial charge in [-0.05, 0) is 19.1 Å². The Morgan fingerprint density at radius 2 is 2.00 bits per heavy atom. The summed E-state index contributed by atoms with van der Waals surface area (Å²) in [6.07, 6.45) is 0. The molecule has 0 aliphatic carbocycles. The van der Waals surface area contributed by atoms with Crippen LogP contribution in [0.5, 0.6) is 5.75 Å². The smallest absolute Gasteiger partial charge is 0.321 e. The van der Waals surface area contributed by atoms with Crippen LogP contribution < -0.4 is 5.32 Å². The number of aryl methyl sites for hydroxylation is 1. The SMILES string of the molecule is Cc1ccc(NC(=O)N(C)Cc2ccccc2O)cc1[N+](=O)[O-]. The second-order valence-corrected chi connectivity index (χ2v) is 5.17. The Labute approximate surface area is 133 Å². The molecular weight excluding hydrogens is 298 g/mol. The van der Waals surface area contributed by atoms with Gasteiger partial charge in [0.05, 0.1) is 11.5 Å². The third kappa shape index (κ3) is 3.97. The standard InChI is InChI=1S/C16H17N3O4/c1-11-7-8-13(9-14(11)19(22)23)17-16(21)18(2)10-12-5-3-4-6-15(12)20/h3-9,20H,10H2,1-2H3,(H,17,21). The van der Waals surface area contributed by atoms with Crippen molar-refractivity contribution in [3.63, 3.8) is 0 Å². The van der Waals surface area contributed by atoms with E-state index in [-0.39, 0.29) is 18.0 Å². The number of nitrogens with zero attached hydrogens (tertiary/aromatic N) is 2. The van der Waals surface area contributed by atoms with Crippen molar-refractivity contribution in [2.24, 2.45) is 0 Å². The molecule has 2 rings (SSSR count). The summed E-state index contributed by atoms with van der Waals surface area (Å²) in [6.45, 7) is 1.85. The van der Waals surface area contributed by atoms with Gasteiger partial charge in [-0.2, -0.15) is 0 Å². The Bertz CT molecular complexity index is 746. The fraction of sp³-hybridized carbons (Fsp3) is 0.188. The van der Waals surface area contributed by atoms with Crippen LogP contribution in [0.15, 0.2) is 42.5 Å². The summed E-state index contributed by atoms with van der Waals surface area (Å²) >= 11 is 0. The topological polar surface area (TPSA) is 95.7 Å². The lowest BCUT2D eigenvalue weighted by molar-refractivity contribution is -0.385. The summed E-state index contributed by atoms with van der Waals surface area (Å²) in [5.74, 6) is 0.109. The molecule has 2 N–H and O–H groups in total. The van der Waals surface area contributed by atoms with E-state index in [1.54, 1.807) is 50.4 Å². The molecule has 7 nitrogen and oxygen atoms in total. The van der Waals surface area contributed by atoms with E-state index in [0.29, 0.717) is 16.8 Å². The van der Waals surface area contributed by atoms with E-state index in [1.807, 2.05) is 0 Å². The van der Waals surface area contributed by atoms with Crippen LogP contribution in [0.2, 0.25) is 0 Å². The summed E-state index contributed by atoms with van der Waals surface area (Å²) in [7, 11) is 1.57. The second-order valence-electron chi connectivity index (χ2n) is 5.17. The van der Waals surface area contributed by atoms with Crippen molar-refractivity contribution in [2.75, 3.05) is 12.4 Å². The molecular formula is C16H17N3O4. The van der Waals surface area contributed by atoms with Crippen molar-refractivity contribution in [3.8, 4) is 5.75 Å². The zero-order chi connectivity index (χ0) is 17.0. The maximum Gasteiger partial charge on any atom is 0.321 e. The number of phenolic OH excluding ortho intramolecular Hbond substituents is 1. The highest BCUT2D eigenvalue weighted by molar-refractivity contribution is 5.89. The number of benzene rings is 2. The number of anilines is 1. The highest BCUT2D eigenvalue weighted by atomic mass is 16.6. The summed E-state index contributed by atoms with van der Waals surface area (Å²) < 4.78 is 0. The van der Waals surface area contributed by atoms with Crippen LogP contribution in [0.3, 0.4) is 0 Å². The number of phenols is 1. The molecule has 0 unspecified atom stereocenters. The van der Waals surface area contributed by atoms with Gasteiger partial charge in [0.2, 0.25) is 0 Å². The summed E-state index contributed by atoms with van der Waals surface area (Å²) in [6, 6.07) is 10.8. The van der Waals surface area contributed by atoms with Crippen LogP contribution in [0, 0.1) is 17.0 Å². The lowest BCUT2D eigenvalue weighted by Crippen LogP contribution is -2.30. The van der Waals surface area contributed by atoms with E-state index in [2.05, 4.69) is 5.32 Å². The van der Waals surface area contributed by atoms with Gasteiger partial charge < -0.3 is 15.3 Å². The van der Waals surface area contributed by atoms with Crippen LogP contribution in [0.1, 0.15) is 11.1 Å². The van der Waals surface area contributed by atoms with Crippen molar-refractivity contribution in [3.05, 3.63) is 63.7 Å². The molecule has 0 spiro atoms. The second kappa shape index (κ2) is 6.78. The van der Waals surface area contributed by atoms with Gasteiger partial charge in [0, 0.05) is 29.9 Å². The maximum absolute atomic E-state index is 12.2. The van der Waals surface area contributed by atoms with Crippen molar-refractivity contribution in [1.29, 1.82) is 0 Å². The number of hydrogen-bond donors (Lipinski definition) is 2.